The number of hydrogen-bond acceptors (Lipinski definition) is 5. The quantitative estimate of drug-likeness (QED) is 0.634. The number of ether oxygens (including phenoxy) is 3. The summed E-state index contributed by atoms with van der Waals surface area (Å²) >= 11 is 3.45. The van der Waals surface area contributed by atoms with Crippen LogP contribution in [0.1, 0.15) is 25.5 Å². The maximum Gasteiger partial charge on any atom is 0.238 e. The molecule has 2 aromatic carbocycles. The molecule has 1 fully saturated rings. The number of nitrogens with one attached hydrogen (secondary N) is 1. The normalized spacial score (nSPS) is 17.0. The lowest BCUT2D eigenvalue weighted by Crippen LogP contribution is -2.42. The number of morpholine rings is 1. The number of hydrogen-bond donors (Lipinski definition) is 1. The summed E-state index contributed by atoms with van der Waals surface area (Å²) in [6, 6.07) is 13.6. The van der Waals surface area contributed by atoms with Gasteiger partial charge < -0.3 is 19.5 Å². The van der Waals surface area contributed by atoms with Crippen LogP contribution in [0.5, 0.6) is 11.5 Å². The van der Waals surface area contributed by atoms with E-state index in [9.17, 15) is 4.79 Å². The van der Waals surface area contributed by atoms with E-state index in [1.807, 2.05) is 50.2 Å². The molecule has 0 aromatic heterocycles. The minimum Gasteiger partial charge on any atom is -0.494 e. The molecule has 1 atom stereocenters. The van der Waals surface area contributed by atoms with Crippen molar-refractivity contribution in [3.05, 3.63) is 52.5 Å². The molecule has 3 rings (SSSR count). The molecule has 1 unspecified atom stereocenters. The smallest absolute Gasteiger partial charge is 0.238 e. The van der Waals surface area contributed by atoms with E-state index in [1.165, 1.54) is 0 Å². The molecule has 1 aliphatic rings. The van der Waals surface area contributed by atoms with E-state index >= 15 is 0 Å². The van der Waals surface area contributed by atoms with Crippen molar-refractivity contribution >= 4 is 27.5 Å². The van der Waals surface area contributed by atoms with E-state index in [4.69, 9.17) is 14.2 Å². The fourth-order valence-corrected chi connectivity index (χ4v) is 3.53. The van der Waals surface area contributed by atoms with Crippen LogP contribution in [-0.4, -0.2) is 50.3 Å². The molecule has 0 radical (unpaired) electrons. The van der Waals surface area contributed by atoms with Crippen LogP contribution in [0.25, 0.3) is 0 Å². The summed E-state index contributed by atoms with van der Waals surface area (Å²) in [4.78, 5) is 14.8. The second kappa shape index (κ2) is 10.6. The zero-order valence-electron chi connectivity index (χ0n) is 16.8. The Balaban J connectivity index is 1.62. The molecule has 1 aliphatic heterocycles. The molecule has 7 heteroatoms. The van der Waals surface area contributed by atoms with Crippen molar-refractivity contribution in [2.75, 3.05) is 44.8 Å². The summed E-state index contributed by atoms with van der Waals surface area (Å²) in [5.74, 6) is 1.25. The summed E-state index contributed by atoms with van der Waals surface area (Å²) in [6.45, 7) is 7.21. The minimum absolute atomic E-state index is 0.0371. The third kappa shape index (κ3) is 6.19. The zero-order chi connectivity index (χ0) is 20.6. The number of carbonyl (C=O) groups excluding carboxylic acids is 1. The Labute approximate surface area is 180 Å². The molecular formula is C22H27BrN2O4. The van der Waals surface area contributed by atoms with E-state index < -0.39 is 0 Å². The maximum absolute atomic E-state index is 12.7. The molecule has 1 N–H and O–H groups in total. The molecule has 156 valence electrons. The van der Waals surface area contributed by atoms with Gasteiger partial charge in [-0.15, -0.1) is 0 Å². The third-order valence-corrected chi connectivity index (χ3v) is 5.12. The van der Waals surface area contributed by atoms with Gasteiger partial charge in [0.05, 0.1) is 38.2 Å². The van der Waals surface area contributed by atoms with Crippen molar-refractivity contribution in [2.24, 2.45) is 0 Å². The number of nitrogens with zero attached hydrogens (tertiary/aromatic N) is 1. The lowest BCUT2D eigenvalue weighted by atomic mass is 10.1. The standard InChI is InChI=1S/C22H27BrN2O4/c1-3-27-18-9-10-20(28-4-2)19(13-18)24-22(26)15-25-11-12-29-21(14-25)16-5-7-17(23)8-6-16/h5-10,13,21H,3-4,11-12,14-15H2,1-2H3,(H,24,26). The highest BCUT2D eigenvalue weighted by molar-refractivity contribution is 9.10. The second-order valence-electron chi connectivity index (χ2n) is 6.72. The Morgan fingerprint density at radius 3 is 2.66 bits per heavy atom. The highest BCUT2D eigenvalue weighted by atomic mass is 79.9. The molecule has 0 saturated carbocycles. The molecule has 2 aromatic rings. The van der Waals surface area contributed by atoms with E-state index in [0.29, 0.717) is 50.1 Å². The van der Waals surface area contributed by atoms with E-state index in [1.54, 1.807) is 6.07 Å². The van der Waals surface area contributed by atoms with Gasteiger partial charge in [-0.2, -0.15) is 0 Å². The van der Waals surface area contributed by atoms with Crippen LogP contribution in [0.4, 0.5) is 5.69 Å². The first-order valence-corrected chi connectivity index (χ1v) is 10.7. The number of carbonyl (C=O) groups is 1. The van der Waals surface area contributed by atoms with E-state index in [0.717, 1.165) is 16.6 Å². The van der Waals surface area contributed by atoms with Crippen molar-refractivity contribution in [3.8, 4) is 11.5 Å². The predicted molar refractivity (Wildman–Crippen MR) is 117 cm³/mol. The lowest BCUT2D eigenvalue weighted by Gasteiger charge is -2.32. The lowest BCUT2D eigenvalue weighted by molar-refractivity contribution is -0.119. The van der Waals surface area contributed by atoms with Gasteiger partial charge >= 0.3 is 0 Å². The molecule has 0 bridgehead atoms. The second-order valence-corrected chi connectivity index (χ2v) is 7.63. The van der Waals surface area contributed by atoms with Crippen LogP contribution in [-0.2, 0) is 9.53 Å². The Hall–Kier alpha value is -2.09. The van der Waals surface area contributed by atoms with Crippen LogP contribution in [0, 0.1) is 0 Å². The summed E-state index contributed by atoms with van der Waals surface area (Å²) in [5.41, 5.74) is 1.74. The van der Waals surface area contributed by atoms with Gasteiger partial charge in [0.1, 0.15) is 11.5 Å². The van der Waals surface area contributed by atoms with Gasteiger partial charge in [-0.25, -0.2) is 0 Å². The Morgan fingerprint density at radius 1 is 1.17 bits per heavy atom. The zero-order valence-corrected chi connectivity index (χ0v) is 18.4. The predicted octanol–water partition coefficient (Wildman–Crippen LogP) is 4.26. The topological polar surface area (TPSA) is 60.0 Å². The van der Waals surface area contributed by atoms with Crippen molar-refractivity contribution in [1.82, 2.24) is 4.90 Å². The summed E-state index contributed by atoms with van der Waals surface area (Å²) in [5, 5.41) is 2.97. The first-order chi connectivity index (χ1) is 14.1. The van der Waals surface area contributed by atoms with Crippen LogP contribution < -0.4 is 14.8 Å². The molecule has 29 heavy (non-hydrogen) atoms. The largest absolute Gasteiger partial charge is 0.494 e. The van der Waals surface area contributed by atoms with Gasteiger partial charge in [-0.05, 0) is 43.7 Å². The van der Waals surface area contributed by atoms with Crippen molar-refractivity contribution < 1.29 is 19.0 Å². The van der Waals surface area contributed by atoms with Gasteiger partial charge in [0, 0.05) is 23.6 Å². The monoisotopic (exact) mass is 462 g/mol. The van der Waals surface area contributed by atoms with Crippen molar-refractivity contribution in [3.63, 3.8) is 0 Å². The van der Waals surface area contributed by atoms with Gasteiger partial charge in [0.2, 0.25) is 5.91 Å². The van der Waals surface area contributed by atoms with Crippen LogP contribution in [0.15, 0.2) is 46.9 Å². The highest BCUT2D eigenvalue weighted by Crippen LogP contribution is 2.30. The maximum atomic E-state index is 12.7. The number of amides is 1. The number of anilines is 1. The van der Waals surface area contributed by atoms with E-state index in [-0.39, 0.29) is 12.0 Å². The highest BCUT2D eigenvalue weighted by Gasteiger charge is 2.24. The molecule has 0 aliphatic carbocycles. The number of rotatable bonds is 8. The number of halogens is 1. The first-order valence-electron chi connectivity index (χ1n) is 9.88. The first kappa shape index (κ1) is 21.6. The molecular weight excluding hydrogens is 436 g/mol. The fraction of sp³-hybridized carbons (Fsp3) is 0.409. The summed E-state index contributed by atoms with van der Waals surface area (Å²) in [6.07, 6.45) is -0.0371. The van der Waals surface area contributed by atoms with Gasteiger partial charge in [0.15, 0.2) is 0 Å². The van der Waals surface area contributed by atoms with Crippen molar-refractivity contribution in [2.45, 2.75) is 20.0 Å². The van der Waals surface area contributed by atoms with E-state index in [2.05, 4.69) is 26.1 Å². The van der Waals surface area contributed by atoms with Crippen LogP contribution in [0.2, 0.25) is 0 Å². The molecule has 0 spiro atoms. The molecule has 6 nitrogen and oxygen atoms in total. The van der Waals surface area contributed by atoms with Gasteiger partial charge in [-0.1, -0.05) is 28.1 Å². The minimum atomic E-state index is -0.0870. The molecule has 1 saturated heterocycles. The Bertz CT molecular complexity index is 813. The fourth-order valence-electron chi connectivity index (χ4n) is 3.26. The van der Waals surface area contributed by atoms with Crippen molar-refractivity contribution in [1.29, 1.82) is 0 Å². The SMILES string of the molecule is CCOc1ccc(OCC)c(NC(=O)CN2CCOC(c3ccc(Br)cc3)C2)c1. The van der Waals surface area contributed by atoms with Gasteiger partial charge in [-0.3, -0.25) is 9.69 Å². The number of benzene rings is 2. The molecule has 1 amide bonds. The Morgan fingerprint density at radius 2 is 1.93 bits per heavy atom. The third-order valence-electron chi connectivity index (χ3n) is 4.60. The average Bonchev–Trinajstić information content (AvgIpc) is 2.71. The molecule has 1 heterocycles. The Kier molecular flexibility index (Phi) is 7.91. The average molecular weight is 463 g/mol. The van der Waals surface area contributed by atoms with Gasteiger partial charge in [0.25, 0.3) is 0 Å². The van der Waals surface area contributed by atoms with Crippen LogP contribution >= 0.6 is 15.9 Å². The van der Waals surface area contributed by atoms with Crippen LogP contribution in [0.3, 0.4) is 0 Å². The summed E-state index contributed by atoms with van der Waals surface area (Å²) < 4.78 is 18.1. The summed E-state index contributed by atoms with van der Waals surface area (Å²) in [7, 11) is 0.